The number of benzene rings is 2. The Hall–Kier alpha value is -2.23. The lowest BCUT2D eigenvalue weighted by Crippen LogP contribution is -2.51. The molecule has 3 rings (SSSR count). The van der Waals surface area contributed by atoms with Crippen LogP contribution in [0, 0.1) is 11.3 Å². The van der Waals surface area contributed by atoms with Gasteiger partial charge in [-0.3, -0.25) is 5.32 Å². The van der Waals surface area contributed by atoms with Crippen LogP contribution in [0.25, 0.3) is 11.1 Å². The topological polar surface area (TPSA) is 70.0 Å². The zero-order chi connectivity index (χ0) is 19.0. The Kier molecular flexibility index (Phi) is 4.63. The molecule has 0 aromatic heterocycles. The summed E-state index contributed by atoms with van der Waals surface area (Å²) in [4.78, 5) is 0.0955. The molecular weight excluding hydrogens is 351 g/mol. The van der Waals surface area contributed by atoms with Crippen molar-refractivity contribution in [1.82, 2.24) is 5.32 Å². The fourth-order valence-corrected chi connectivity index (χ4v) is 4.81. The average molecular weight is 372 g/mol. The summed E-state index contributed by atoms with van der Waals surface area (Å²) < 4.78 is 39.8. The van der Waals surface area contributed by atoms with E-state index in [1.807, 2.05) is 30.3 Å². The third-order valence-corrected chi connectivity index (χ3v) is 6.02. The molecule has 136 valence electrons. The molecule has 1 aliphatic heterocycles. The SMILES string of the molecule is CC1(F)CC(C#N)(c2c(-c3ccccc3)cccc2S(C)(=O)=O)CCN1. The molecule has 1 saturated heterocycles. The van der Waals surface area contributed by atoms with Crippen LogP contribution in [0.2, 0.25) is 0 Å². The van der Waals surface area contributed by atoms with Gasteiger partial charge in [0, 0.05) is 12.7 Å². The second-order valence-corrected chi connectivity index (χ2v) is 9.05. The number of hydrogen-bond acceptors (Lipinski definition) is 4. The summed E-state index contributed by atoms with van der Waals surface area (Å²) in [5, 5.41) is 12.8. The van der Waals surface area contributed by atoms with Gasteiger partial charge in [0.25, 0.3) is 0 Å². The van der Waals surface area contributed by atoms with Gasteiger partial charge in [0.15, 0.2) is 15.6 Å². The lowest BCUT2D eigenvalue weighted by Gasteiger charge is -2.40. The maximum absolute atomic E-state index is 14.8. The Labute approximate surface area is 153 Å². The monoisotopic (exact) mass is 372 g/mol. The first-order chi connectivity index (χ1) is 12.2. The van der Waals surface area contributed by atoms with Gasteiger partial charge in [0.2, 0.25) is 0 Å². The predicted octanol–water partition coefficient (Wildman–Crippen LogP) is 3.59. The van der Waals surface area contributed by atoms with Crippen molar-refractivity contribution in [3.8, 4) is 17.2 Å². The van der Waals surface area contributed by atoms with Gasteiger partial charge in [-0.1, -0.05) is 42.5 Å². The zero-order valence-corrected chi connectivity index (χ0v) is 15.6. The average Bonchev–Trinajstić information content (AvgIpc) is 2.60. The highest BCUT2D eigenvalue weighted by atomic mass is 32.2. The van der Waals surface area contributed by atoms with E-state index in [1.54, 1.807) is 12.1 Å². The van der Waals surface area contributed by atoms with Gasteiger partial charge in [-0.25, -0.2) is 12.8 Å². The Balaban J connectivity index is 2.36. The number of sulfone groups is 1. The number of halogens is 1. The van der Waals surface area contributed by atoms with E-state index in [9.17, 15) is 18.1 Å². The molecular formula is C20H21FN2O2S. The minimum atomic E-state index is -3.59. The molecule has 2 aromatic carbocycles. The lowest BCUT2D eigenvalue weighted by atomic mass is 9.69. The summed E-state index contributed by atoms with van der Waals surface area (Å²) in [6, 6.07) is 16.6. The lowest BCUT2D eigenvalue weighted by molar-refractivity contribution is 0.0706. The molecule has 2 aromatic rings. The Morgan fingerprint density at radius 1 is 1.15 bits per heavy atom. The van der Waals surface area contributed by atoms with Gasteiger partial charge < -0.3 is 0 Å². The highest BCUT2D eigenvalue weighted by Gasteiger charge is 2.47. The number of hydrogen-bond donors (Lipinski definition) is 1. The molecule has 1 heterocycles. The minimum Gasteiger partial charge on any atom is -0.285 e. The number of nitrogens with one attached hydrogen (secondary N) is 1. The zero-order valence-electron chi connectivity index (χ0n) is 14.8. The van der Waals surface area contributed by atoms with Crippen molar-refractivity contribution in [3.05, 3.63) is 54.1 Å². The molecule has 0 saturated carbocycles. The van der Waals surface area contributed by atoms with E-state index in [1.165, 1.54) is 13.0 Å². The number of nitriles is 1. The highest BCUT2D eigenvalue weighted by Crippen LogP contribution is 2.46. The van der Waals surface area contributed by atoms with Crippen LogP contribution >= 0.6 is 0 Å². The van der Waals surface area contributed by atoms with Crippen LogP contribution in [0.3, 0.4) is 0 Å². The maximum atomic E-state index is 14.8. The number of rotatable bonds is 3. The molecule has 1 fully saturated rings. The highest BCUT2D eigenvalue weighted by molar-refractivity contribution is 7.90. The molecule has 2 atom stereocenters. The van der Waals surface area contributed by atoms with Crippen molar-refractivity contribution in [2.24, 2.45) is 0 Å². The van der Waals surface area contributed by atoms with Gasteiger partial charge in [-0.05, 0) is 42.6 Å². The van der Waals surface area contributed by atoms with Crippen molar-refractivity contribution >= 4 is 9.84 Å². The van der Waals surface area contributed by atoms with E-state index in [4.69, 9.17) is 0 Å². The molecule has 0 spiro atoms. The van der Waals surface area contributed by atoms with Crippen molar-refractivity contribution in [3.63, 3.8) is 0 Å². The molecule has 2 unspecified atom stereocenters. The fraction of sp³-hybridized carbons (Fsp3) is 0.350. The first kappa shape index (κ1) is 18.6. The minimum absolute atomic E-state index is 0.0955. The van der Waals surface area contributed by atoms with E-state index >= 15 is 0 Å². The quantitative estimate of drug-likeness (QED) is 0.836. The molecule has 0 bridgehead atoms. The van der Waals surface area contributed by atoms with Gasteiger partial charge >= 0.3 is 0 Å². The van der Waals surface area contributed by atoms with E-state index in [0.717, 1.165) is 11.8 Å². The smallest absolute Gasteiger partial charge is 0.175 e. The van der Waals surface area contributed by atoms with Gasteiger partial charge in [0.05, 0.1) is 16.4 Å². The summed E-state index contributed by atoms with van der Waals surface area (Å²) in [5.41, 5.74) is 0.649. The summed E-state index contributed by atoms with van der Waals surface area (Å²) in [5.74, 6) is -1.74. The molecule has 1 N–H and O–H groups in total. The van der Waals surface area contributed by atoms with Crippen molar-refractivity contribution < 1.29 is 12.8 Å². The standard InChI is InChI=1S/C20H21FN2O2S/c1-19(21)13-20(14-22,11-12-23-19)18-16(15-7-4-3-5-8-15)9-6-10-17(18)26(2,24)25/h3-10,23H,11-13H2,1-2H3. The number of piperidine rings is 1. The molecule has 1 aliphatic rings. The second kappa shape index (κ2) is 6.49. The first-order valence-electron chi connectivity index (χ1n) is 8.43. The summed E-state index contributed by atoms with van der Waals surface area (Å²) >= 11 is 0. The van der Waals surface area contributed by atoms with E-state index in [-0.39, 0.29) is 11.3 Å². The Bertz CT molecular complexity index is 965. The van der Waals surface area contributed by atoms with Crippen LogP contribution in [0.4, 0.5) is 4.39 Å². The molecule has 4 nitrogen and oxygen atoms in total. The first-order valence-corrected chi connectivity index (χ1v) is 10.3. The molecule has 0 aliphatic carbocycles. The van der Waals surface area contributed by atoms with Crippen molar-refractivity contribution in [1.29, 1.82) is 5.26 Å². The largest absolute Gasteiger partial charge is 0.285 e. The van der Waals surface area contributed by atoms with Crippen LogP contribution in [-0.4, -0.2) is 27.0 Å². The van der Waals surface area contributed by atoms with E-state index in [0.29, 0.717) is 24.1 Å². The van der Waals surface area contributed by atoms with Crippen LogP contribution in [0.15, 0.2) is 53.4 Å². The second-order valence-electron chi connectivity index (χ2n) is 7.06. The maximum Gasteiger partial charge on any atom is 0.175 e. The summed E-state index contributed by atoms with van der Waals surface area (Å²) in [6.45, 7) is 1.69. The molecule has 0 amide bonds. The van der Waals surface area contributed by atoms with Gasteiger partial charge in [-0.15, -0.1) is 0 Å². The van der Waals surface area contributed by atoms with Crippen LogP contribution in [0.1, 0.15) is 25.3 Å². The third-order valence-electron chi connectivity index (χ3n) is 4.88. The summed E-state index contributed by atoms with van der Waals surface area (Å²) in [6.07, 6.45) is 1.36. The predicted molar refractivity (Wildman–Crippen MR) is 99.0 cm³/mol. The van der Waals surface area contributed by atoms with E-state index < -0.39 is 21.0 Å². The normalized spacial score (nSPS) is 26.2. The Morgan fingerprint density at radius 3 is 2.42 bits per heavy atom. The molecule has 26 heavy (non-hydrogen) atoms. The number of nitrogens with zero attached hydrogens (tertiary/aromatic N) is 1. The summed E-state index contributed by atoms with van der Waals surface area (Å²) in [7, 11) is -3.59. The van der Waals surface area contributed by atoms with Crippen LogP contribution in [-0.2, 0) is 15.3 Å². The van der Waals surface area contributed by atoms with E-state index in [2.05, 4.69) is 11.4 Å². The van der Waals surface area contributed by atoms with Crippen LogP contribution < -0.4 is 5.32 Å². The molecule has 0 radical (unpaired) electrons. The van der Waals surface area contributed by atoms with Gasteiger partial charge in [0.1, 0.15) is 0 Å². The third kappa shape index (κ3) is 3.37. The number of alkyl halides is 1. The van der Waals surface area contributed by atoms with Crippen molar-refractivity contribution in [2.45, 2.75) is 35.9 Å². The molecule has 6 heteroatoms. The Morgan fingerprint density at radius 2 is 1.85 bits per heavy atom. The van der Waals surface area contributed by atoms with Crippen molar-refractivity contribution in [2.75, 3.05) is 12.8 Å². The van der Waals surface area contributed by atoms with Crippen LogP contribution in [0.5, 0.6) is 0 Å². The fourth-order valence-electron chi connectivity index (χ4n) is 3.81. The van der Waals surface area contributed by atoms with Gasteiger partial charge in [-0.2, -0.15) is 5.26 Å².